The quantitative estimate of drug-likeness (QED) is 0.721. The molecule has 1 saturated carbocycles. The van der Waals surface area contributed by atoms with Crippen LogP contribution in [0.2, 0.25) is 0 Å². The highest BCUT2D eigenvalue weighted by Crippen LogP contribution is 2.45. The number of nitrogens with zero attached hydrogens (tertiary/aromatic N) is 5. The maximum absolute atomic E-state index is 14.1. The Labute approximate surface area is 195 Å². The average molecular weight is 453 g/mol. The predicted octanol–water partition coefficient (Wildman–Crippen LogP) is 3.61. The van der Waals surface area contributed by atoms with E-state index in [-0.39, 0.29) is 23.8 Å². The molecule has 4 rings (SSSR count). The van der Waals surface area contributed by atoms with E-state index in [4.69, 9.17) is 5.26 Å². The van der Waals surface area contributed by atoms with Crippen LogP contribution in [0.4, 0.5) is 10.2 Å². The Hall–Kier alpha value is -3.05. The Balaban J connectivity index is 0.00000149. The first-order valence-electron chi connectivity index (χ1n) is 11.7. The van der Waals surface area contributed by atoms with E-state index in [1.165, 1.54) is 6.07 Å². The minimum absolute atomic E-state index is 0.0935. The molecule has 1 aliphatic heterocycles. The lowest BCUT2D eigenvalue weighted by atomic mass is 10.1. The number of hydrogen-bond acceptors (Lipinski definition) is 6. The molecule has 2 aliphatic rings. The van der Waals surface area contributed by atoms with Gasteiger partial charge in [0.1, 0.15) is 17.7 Å². The number of halogens is 1. The van der Waals surface area contributed by atoms with Gasteiger partial charge in [-0.05, 0) is 51.0 Å². The van der Waals surface area contributed by atoms with Crippen molar-refractivity contribution in [2.45, 2.75) is 64.6 Å². The van der Waals surface area contributed by atoms with E-state index in [9.17, 15) is 9.18 Å². The van der Waals surface area contributed by atoms with Gasteiger partial charge in [-0.25, -0.2) is 9.37 Å². The third-order valence-corrected chi connectivity index (χ3v) is 6.18. The molecule has 1 saturated heterocycles. The van der Waals surface area contributed by atoms with Gasteiger partial charge in [-0.2, -0.15) is 5.26 Å². The Morgan fingerprint density at radius 1 is 1.21 bits per heavy atom. The highest BCUT2D eigenvalue weighted by atomic mass is 19.1. The van der Waals surface area contributed by atoms with Gasteiger partial charge in [0.25, 0.3) is 0 Å². The van der Waals surface area contributed by atoms with Gasteiger partial charge in [-0.1, -0.05) is 13.8 Å². The van der Waals surface area contributed by atoms with E-state index in [1.54, 1.807) is 24.5 Å². The molecule has 0 bridgehead atoms. The average Bonchev–Trinajstić information content (AvgIpc) is 3.61. The van der Waals surface area contributed by atoms with Crippen molar-refractivity contribution < 1.29 is 9.18 Å². The fourth-order valence-electron chi connectivity index (χ4n) is 4.51. The van der Waals surface area contributed by atoms with E-state index in [0.29, 0.717) is 37.3 Å². The summed E-state index contributed by atoms with van der Waals surface area (Å²) in [6.45, 7) is 9.89. The van der Waals surface area contributed by atoms with E-state index < -0.39 is 5.54 Å². The lowest BCUT2D eigenvalue weighted by Crippen LogP contribution is -2.58. The number of anilines is 1. The summed E-state index contributed by atoms with van der Waals surface area (Å²) < 4.78 is 14.1. The summed E-state index contributed by atoms with van der Waals surface area (Å²) in [5.41, 5.74) is 0.559. The molecule has 2 aromatic rings. The van der Waals surface area contributed by atoms with Crippen LogP contribution in [-0.2, 0) is 10.3 Å². The van der Waals surface area contributed by atoms with Crippen molar-refractivity contribution >= 4 is 11.7 Å². The number of carbonyl (C=O) groups excluding carboxylic acids is 1. The monoisotopic (exact) mass is 452 g/mol. The van der Waals surface area contributed by atoms with Crippen LogP contribution in [0.25, 0.3) is 0 Å². The van der Waals surface area contributed by atoms with Crippen molar-refractivity contribution in [3.8, 4) is 6.07 Å². The smallest absolute Gasteiger partial charge is 0.223 e. The van der Waals surface area contributed by atoms with Crippen molar-refractivity contribution in [3.63, 3.8) is 0 Å². The lowest BCUT2D eigenvalue weighted by molar-refractivity contribution is -0.132. The first kappa shape index (κ1) is 24.6. The van der Waals surface area contributed by atoms with Crippen LogP contribution in [0.15, 0.2) is 36.7 Å². The first-order valence-corrected chi connectivity index (χ1v) is 11.7. The van der Waals surface area contributed by atoms with E-state index in [1.807, 2.05) is 24.8 Å². The molecular formula is C25H33FN6O. The number of amides is 1. The predicted molar refractivity (Wildman–Crippen MR) is 126 cm³/mol. The summed E-state index contributed by atoms with van der Waals surface area (Å²) in [5.74, 6) is 0.616. The SMILES string of the molecule is CC.CC1CN(C(=O)CCNC2(c3ncccc3F)CC2)CC(C)N1c1ccc(C#N)cn1. The van der Waals surface area contributed by atoms with Crippen LogP contribution >= 0.6 is 0 Å². The van der Waals surface area contributed by atoms with E-state index in [0.717, 1.165) is 18.7 Å². The van der Waals surface area contributed by atoms with E-state index >= 15 is 0 Å². The molecule has 176 valence electrons. The van der Waals surface area contributed by atoms with Crippen LogP contribution in [0.1, 0.15) is 58.2 Å². The van der Waals surface area contributed by atoms with Crippen LogP contribution in [0.5, 0.6) is 0 Å². The summed E-state index contributed by atoms with van der Waals surface area (Å²) in [6.07, 6.45) is 5.22. The summed E-state index contributed by atoms with van der Waals surface area (Å²) in [6, 6.07) is 8.95. The Bertz CT molecular complexity index is 973. The van der Waals surface area contributed by atoms with Gasteiger partial charge in [0.2, 0.25) is 5.91 Å². The summed E-state index contributed by atoms with van der Waals surface area (Å²) in [7, 11) is 0. The second-order valence-electron chi connectivity index (χ2n) is 8.51. The molecule has 7 nitrogen and oxygen atoms in total. The standard InChI is InChI=1S/C23H27FN6O.C2H6/c1-16-14-29(15-17(2)30(16)20-6-5-18(12-25)13-27-20)21(31)7-11-28-23(8-9-23)22-19(24)4-3-10-26-22;1-2/h3-6,10,13,16-17,28H,7-9,11,14-15H2,1-2H3;1-2H3. The lowest BCUT2D eigenvalue weighted by Gasteiger charge is -2.45. The minimum atomic E-state index is -0.424. The van der Waals surface area contributed by atoms with Crippen molar-refractivity contribution in [1.29, 1.82) is 5.26 Å². The number of nitrogens with one attached hydrogen (secondary N) is 1. The normalized spacial score (nSPS) is 21.0. The molecule has 3 heterocycles. The maximum atomic E-state index is 14.1. The molecular weight excluding hydrogens is 419 g/mol. The molecule has 2 aromatic heterocycles. The summed E-state index contributed by atoms with van der Waals surface area (Å²) in [5, 5.41) is 12.3. The highest BCUT2D eigenvalue weighted by Gasteiger charge is 2.47. The molecule has 2 atom stereocenters. The number of piperazine rings is 1. The number of carbonyl (C=O) groups is 1. The Kier molecular flexibility index (Phi) is 7.98. The Morgan fingerprint density at radius 3 is 2.45 bits per heavy atom. The molecule has 2 unspecified atom stereocenters. The number of rotatable bonds is 6. The molecule has 0 aromatic carbocycles. The van der Waals surface area contributed by atoms with Crippen molar-refractivity contribution in [3.05, 3.63) is 53.7 Å². The van der Waals surface area contributed by atoms with Crippen LogP contribution in [-0.4, -0.2) is 52.5 Å². The largest absolute Gasteiger partial charge is 0.348 e. The Morgan fingerprint density at radius 2 is 1.91 bits per heavy atom. The van der Waals surface area contributed by atoms with Crippen molar-refractivity contribution in [2.75, 3.05) is 24.5 Å². The zero-order chi connectivity index (χ0) is 24.0. The van der Waals surface area contributed by atoms with Gasteiger partial charge >= 0.3 is 0 Å². The van der Waals surface area contributed by atoms with Crippen LogP contribution < -0.4 is 10.2 Å². The fraction of sp³-hybridized carbons (Fsp3) is 0.520. The van der Waals surface area contributed by atoms with Crippen LogP contribution in [0.3, 0.4) is 0 Å². The van der Waals surface area contributed by atoms with Gasteiger partial charge in [0.15, 0.2) is 0 Å². The minimum Gasteiger partial charge on any atom is -0.348 e. The van der Waals surface area contributed by atoms with Gasteiger partial charge < -0.3 is 15.1 Å². The number of aromatic nitrogens is 2. The molecule has 1 aliphatic carbocycles. The third-order valence-electron chi connectivity index (χ3n) is 6.18. The van der Waals surface area contributed by atoms with Gasteiger partial charge in [0.05, 0.1) is 16.8 Å². The molecule has 1 N–H and O–H groups in total. The highest BCUT2D eigenvalue weighted by molar-refractivity contribution is 5.77. The third kappa shape index (κ3) is 5.48. The molecule has 0 spiro atoms. The summed E-state index contributed by atoms with van der Waals surface area (Å²) in [4.78, 5) is 25.6. The zero-order valence-electron chi connectivity index (χ0n) is 19.9. The molecule has 2 fully saturated rings. The van der Waals surface area contributed by atoms with Gasteiger partial charge in [-0.15, -0.1) is 0 Å². The molecule has 1 amide bonds. The zero-order valence-corrected chi connectivity index (χ0v) is 19.9. The molecule has 33 heavy (non-hydrogen) atoms. The van der Waals surface area contributed by atoms with Gasteiger partial charge in [-0.3, -0.25) is 9.78 Å². The van der Waals surface area contributed by atoms with Crippen molar-refractivity contribution in [2.24, 2.45) is 0 Å². The maximum Gasteiger partial charge on any atom is 0.223 e. The number of nitriles is 1. The van der Waals surface area contributed by atoms with Crippen molar-refractivity contribution in [1.82, 2.24) is 20.2 Å². The van der Waals surface area contributed by atoms with Crippen LogP contribution in [0, 0.1) is 17.1 Å². The summed E-state index contributed by atoms with van der Waals surface area (Å²) >= 11 is 0. The topological polar surface area (TPSA) is 85.2 Å². The second kappa shape index (κ2) is 10.7. The molecule has 0 radical (unpaired) electrons. The first-order chi connectivity index (χ1) is 15.9. The van der Waals surface area contributed by atoms with Gasteiger partial charge in [0, 0.05) is 50.5 Å². The second-order valence-corrected chi connectivity index (χ2v) is 8.51. The number of hydrogen-bond donors (Lipinski definition) is 1. The number of pyridine rings is 2. The molecule has 8 heteroatoms. The van der Waals surface area contributed by atoms with E-state index in [2.05, 4.69) is 40.1 Å². The fourth-order valence-corrected chi connectivity index (χ4v) is 4.51.